The SMILES string of the molecule is O=C(O)C1(Cc2cccnc2)CCNCC1. The number of carboxylic acids is 1. The van der Waals surface area contributed by atoms with Crippen LogP contribution in [-0.2, 0) is 11.2 Å². The van der Waals surface area contributed by atoms with E-state index in [0.29, 0.717) is 19.3 Å². The van der Waals surface area contributed by atoms with Crippen LogP contribution in [0.1, 0.15) is 18.4 Å². The molecule has 0 spiro atoms. The number of hydrogen-bond donors (Lipinski definition) is 2. The van der Waals surface area contributed by atoms with Crippen molar-refractivity contribution in [3.05, 3.63) is 30.1 Å². The lowest BCUT2D eigenvalue weighted by Crippen LogP contribution is -2.43. The number of carbonyl (C=O) groups is 1. The van der Waals surface area contributed by atoms with Gasteiger partial charge in [0.1, 0.15) is 0 Å². The fraction of sp³-hybridized carbons (Fsp3) is 0.500. The molecule has 1 fully saturated rings. The van der Waals surface area contributed by atoms with Crippen LogP contribution in [0.25, 0.3) is 0 Å². The van der Waals surface area contributed by atoms with Gasteiger partial charge in [0, 0.05) is 12.4 Å². The van der Waals surface area contributed by atoms with Gasteiger partial charge in [-0.25, -0.2) is 0 Å². The van der Waals surface area contributed by atoms with Crippen LogP contribution < -0.4 is 5.32 Å². The molecule has 0 saturated carbocycles. The average Bonchev–Trinajstić information content (AvgIpc) is 2.31. The minimum Gasteiger partial charge on any atom is -0.481 e. The molecule has 4 heteroatoms. The second-order valence-corrected chi connectivity index (χ2v) is 4.37. The zero-order valence-electron chi connectivity index (χ0n) is 9.15. The number of aromatic nitrogens is 1. The number of piperidine rings is 1. The van der Waals surface area contributed by atoms with Crippen LogP contribution in [0, 0.1) is 5.41 Å². The summed E-state index contributed by atoms with van der Waals surface area (Å²) >= 11 is 0. The average molecular weight is 220 g/mol. The van der Waals surface area contributed by atoms with Crippen molar-refractivity contribution >= 4 is 5.97 Å². The Morgan fingerprint density at radius 1 is 1.50 bits per heavy atom. The third-order valence-electron chi connectivity index (χ3n) is 3.28. The van der Waals surface area contributed by atoms with Gasteiger partial charge in [-0.05, 0) is 44.0 Å². The molecule has 2 heterocycles. The van der Waals surface area contributed by atoms with E-state index in [9.17, 15) is 9.90 Å². The zero-order valence-corrected chi connectivity index (χ0v) is 9.15. The molecule has 4 nitrogen and oxygen atoms in total. The van der Waals surface area contributed by atoms with Crippen LogP contribution in [0.5, 0.6) is 0 Å². The number of rotatable bonds is 3. The molecule has 0 aromatic carbocycles. The van der Waals surface area contributed by atoms with Crippen LogP contribution in [0.3, 0.4) is 0 Å². The maximum absolute atomic E-state index is 11.4. The Morgan fingerprint density at radius 2 is 2.25 bits per heavy atom. The maximum Gasteiger partial charge on any atom is 0.310 e. The molecule has 2 N–H and O–H groups in total. The molecule has 0 amide bonds. The lowest BCUT2D eigenvalue weighted by atomic mass is 9.74. The van der Waals surface area contributed by atoms with Gasteiger partial charge in [0.2, 0.25) is 0 Å². The minimum atomic E-state index is -0.683. The van der Waals surface area contributed by atoms with E-state index in [2.05, 4.69) is 10.3 Å². The zero-order chi connectivity index (χ0) is 11.4. The summed E-state index contributed by atoms with van der Waals surface area (Å²) in [5.41, 5.74) is 0.403. The Labute approximate surface area is 94.7 Å². The molecule has 1 aromatic heterocycles. The highest BCUT2D eigenvalue weighted by atomic mass is 16.4. The molecule has 2 rings (SSSR count). The van der Waals surface area contributed by atoms with Gasteiger partial charge in [0.05, 0.1) is 5.41 Å². The lowest BCUT2D eigenvalue weighted by molar-refractivity contribution is -0.150. The minimum absolute atomic E-state index is 0.581. The number of aliphatic carboxylic acids is 1. The fourth-order valence-corrected chi connectivity index (χ4v) is 2.27. The van der Waals surface area contributed by atoms with E-state index in [4.69, 9.17) is 0 Å². The van der Waals surface area contributed by atoms with Crippen molar-refractivity contribution < 1.29 is 9.90 Å². The largest absolute Gasteiger partial charge is 0.481 e. The number of carboxylic acid groups (broad SMARTS) is 1. The van der Waals surface area contributed by atoms with Crippen molar-refractivity contribution in [2.75, 3.05) is 13.1 Å². The van der Waals surface area contributed by atoms with Crippen LogP contribution in [0.15, 0.2) is 24.5 Å². The smallest absolute Gasteiger partial charge is 0.310 e. The normalized spacial score (nSPS) is 19.2. The standard InChI is InChI=1S/C12H16N2O2/c15-11(16)12(3-6-13-7-4-12)8-10-2-1-5-14-9-10/h1-2,5,9,13H,3-4,6-8H2,(H,15,16). The molecule has 0 atom stereocenters. The molecule has 0 aliphatic carbocycles. The quantitative estimate of drug-likeness (QED) is 0.800. The molecule has 1 aromatic rings. The van der Waals surface area contributed by atoms with Gasteiger partial charge in [0.25, 0.3) is 0 Å². The predicted octanol–water partition coefficient (Wildman–Crippen LogP) is 1.08. The monoisotopic (exact) mass is 220 g/mol. The van der Waals surface area contributed by atoms with E-state index < -0.39 is 11.4 Å². The Kier molecular flexibility index (Phi) is 3.19. The maximum atomic E-state index is 11.4. The first kappa shape index (κ1) is 11.1. The van der Waals surface area contributed by atoms with Crippen molar-refractivity contribution in [1.82, 2.24) is 10.3 Å². The summed E-state index contributed by atoms with van der Waals surface area (Å²) in [5, 5.41) is 12.6. The summed E-state index contributed by atoms with van der Waals surface area (Å²) in [4.78, 5) is 15.5. The second kappa shape index (κ2) is 4.61. The molecular weight excluding hydrogens is 204 g/mol. The predicted molar refractivity (Wildman–Crippen MR) is 60.1 cm³/mol. The van der Waals surface area contributed by atoms with Crippen LogP contribution in [-0.4, -0.2) is 29.1 Å². The van der Waals surface area contributed by atoms with Crippen LogP contribution in [0.2, 0.25) is 0 Å². The third kappa shape index (κ3) is 2.22. The lowest BCUT2D eigenvalue weighted by Gasteiger charge is -2.33. The summed E-state index contributed by atoms with van der Waals surface area (Å²) in [5.74, 6) is -0.683. The van der Waals surface area contributed by atoms with Crippen molar-refractivity contribution in [2.45, 2.75) is 19.3 Å². The molecule has 1 aliphatic heterocycles. The summed E-state index contributed by atoms with van der Waals surface area (Å²) in [6, 6.07) is 3.80. The van der Waals surface area contributed by atoms with Crippen LogP contribution in [0.4, 0.5) is 0 Å². The van der Waals surface area contributed by atoms with Gasteiger partial charge in [-0.15, -0.1) is 0 Å². The molecule has 16 heavy (non-hydrogen) atoms. The summed E-state index contributed by atoms with van der Waals surface area (Å²) < 4.78 is 0. The van der Waals surface area contributed by atoms with Gasteiger partial charge in [-0.3, -0.25) is 9.78 Å². The van der Waals surface area contributed by atoms with Gasteiger partial charge in [0.15, 0.2) is 0 Å². The Morgan fingerprint density at radius 3 is 2.81 bits per heavy atom. The highest BCUT2D eigenvalue weighted by Gasteiger charge is 2.39. The van der Waals surface area contributed by atoms with Crippen molar-refractivity contribution in [1.29, 1.82) is 0 Å². The molecule has 0 radical (unpaired) electrons. The topological polar surface area (TPSA) is 62.2 Å². The molecule has 86 valence electrons. The highest BCUT2D eigenvalue weighted by Crippen LogP contribution is 2.33. The van der Waals surface area contributed by atoms with E-state index in [0.717, 1.165) is 18.7 Å². The second-order valence-electron chi connectivity index (χ2n) is 4.37. The van der Waals surface area contributed by atoms with Crippen molar-refractivity contribution in [2.24, 2.45) is 5.41 Å². The first-order chi connectivity index (χ1) is 7.73. The molecule has 1 saturated heterocycles. The highest BCUT2D eigenvalue weighted by molar-refractivity contribution is 5.75. The van der Waals surface area contributed by atoms with E-state index in [1.165, 1.54) is 0 Å². The first-order valence-electron chi connectivity index (χ1n) is 5.56. The summed E-state index contributed by atoms with van der Waals surface area (Å²) in [7, 11) is 0. The van der Waals surface area contributed by atoms with Gasteiger partial charge < -0.3 is 10.4 Å². The van der Waals surface area contributed by atoms with Crippen molar-refractivity contribution in [3.63, 3.8) is 0 Å². The molecule has 0 bridgehead atoms. The number of hydrogen-bond acceptors (Lipinski definition) is 3. The van der Waals surface area contributed by atoms with E-state index in [1.54, 1.807) is 12.4 Å². The summed E-state index contributed by atoms with van der Waals surface area (Å²) in [6.45, 7) is 1.57. The Bertz CT molecular complexity index is 359. The van der Waals surface area contributed by atoms with Gasteiger partial charge in [-0.2, -0.15) is 0 Å². The van der Waals surface area contributed by atoms with E-state index >= 15 is 0 Å². The molecular formula is C12H16N2O2. The fourth-order valence-electron chi connectivity index (χ4n) is 2.27. The third-order valence-corrected chi connectivity index (χ3v) is 3.28. The van der Waals surface area contributed by atoms with Gasteiger partial charge >= 0.3 is 5.97 Å². The number of pyridine rings is 1. The van der Waals surface area contributed by atoms with E-state index in [1.807, 2.05) is 12.1 Å². The number of nitrogens with zero attached hydrogens (tertiary/aromatic N) is 1. The molecule has 0 unspecified atom stereocenters. The van der Waals surface area contributed by atoms with Crippen molar-refractivity contribution in [3.8, 4) is 0 Å². The van der Waals surface area contributed by atoms with Gasteiger partial charge in [-0.1, -0.05) is 6.07 Å². The van der Waals surface area contributed by atoms with E-state index in [-0.39, 0.29) is 0 Å². The summed E-state index contributed by atoms with van der Waals surface area (Å²) in [6.07, 6.45) is 5.43. The number of nitrogens with one attached hydrogen (secondary N) is 1. The first-order valence-corrected chi connectivity index (χ1v) is 5.56. The van der Waals surface area contributed by atoms with Crippen LogP contribution >= 0.6 is 0 Å². The Hall–Kier alpha value is -1.42. The molecule has 1 aliphatic rings. The Balaban J connectivity index is 2.17.